The summed E-state index contributed by atoms with van der Waals surface area (Å²) in [5, 5.41) is 3.44. The van der Waals surface area contributed by atoms with Crippen LogP contribution in [-0.2, 0) is 6.42 Å². The first-order chi connectivity index (χ1) is 14.2. The highest BCUT2D eigenvalue weighted by Gasteiger charge is 2.07. The molecule has 0 saturated carbocycles. The standard InChI is InChI=1S/C25H29NO3/c1-20(29-23-16-14-22(27-2)15-17-23)19-26-24-12-6-7-13-25(24)28-18-8-11-21-9-4-3-5-10-21/h3-7,9-10,12-17,20,26H,8,11,18-19H2,1-2H3. The van der Waals surface area contributed by atoms with Crippen molar-refractivity contribution in [1.82, 2.24) is 0 Å². The van der Waals surface area contributed by atoms with Crippen LogP contribution in [0.1, 0.15) is 18.9 Å². The number of aryl methyl sites for hydroxylation is 1. The number of rotatable bonds is 11. The molecule has 4 heteroatoms. The quantitative estimate of drug-likeness (QED) is 0.433. The Kier molecular flexibility index (Phi) is 7.81. The fourth-order valence-corrected chi connectivity index (χ4v) is 3.02. The first-order valence-electron chi connectivity index (χ1n) is 10.0. The van der Waals surface area contributed by atoms with Gasteiger partial charge in [-0.2, -0.15) is 0 Å². The molecule has 0 amide bonds. The minimum atomic E-state index is 0.00883. The SMILES string of the molecule is COc1ccc(OC(C)CNc2ccccc2OCCCc2ccccc2)cc1. The summed E-state index contributed by atoms with van der Waals surface area (Å²) in [6.07, 6.45) is 2.01. The summed E-state index contributed by atoms with van der Waals surface area (Å²) in [5.74, 6) is 2.52. The molecule has 3 aromatic rings. The van der Waals surface area contributed by atoms with Crippen LogP contribution in [0.15, 0.2) is 78.9 Å². The van der Waals surface area contributed by atoms with Crippen LogP contribution in [0.3, 0.4) is 0 Å². The number of hydrogen-bond acceptors (Lipinski definition) is 4. The van der Waals surface area contributed by atoms with Crippen LogP contribution in [0.2, 0.25) is 0 Å². The number of hydrogen-bond donors (Lipinski definition) is 1. The second kappa shape index (κ2) is 11.0. The van der Waals surface area contributed by atoms with Gasteiger partial charge in [-0.1, -0.05) is 42.5 Å². The van der Waals surface area contributed by atoms with Gasteiger partial charge < -0.3 is 19.5 Å². The molecular formula is C25H29NO3. The van der Waals surface area contributed by atoms with Gasteiger partial charge >= 0.3 is 0 Å². The van der Waals surface area contributed by atoms with Crippen molar-refractivity contribution in [2.24, 2.45) is 0 Å². The zero-order valence-corrected chi connectivity index (χ0v) is 17.1. The van der Waals surface area contributed by atoms with Gasteiger partial charge in [0.05, 0.1) is 25.9 Å². The van der Waals surface area contributed by atoms with E-state index in [0.29, 0.717) is 13.2 Å². The Morgan fingerprint density at radius 1 is 0.828 bits per heavy atom. The molecule has 0 fully saturated rings. The Bertz CT molecular complexity index is 849. The summed E-state index contributed by atoms with van der Waals surface area (Å²) in [6, 6.07) is 26.2. The first-order valence-corrected chi connectivity index (χ1v) is 10.0. The van der Waals surface area contributed by atoms with Crippen molar-refractivity contribution in [2.45, 2.75) is 25.9 Å². The number of anilines is 1. The number of nitrogens with one attached hydrogen (secondary N) is 1. The van der Waals surface area contributed by atoms with Crippen molar-refractivity contribution in [1.29, 1.82) is 0 Å². The molecule has 0 saturated heterocycles. The molecule has 1 atom stereocenters. The molecule has 4 nitrogen and oxygen atoms in total. The monoisotopic (exact) mass is 391 g/mol. The predicted molar refractivity (Wildman–Crippen MR) is 118 cm³/mol. The van der Waals surface area contributed by atoms with Gasteiger partial charge in [0.25, 0.3) is 0 Å². The first kappa shape index (κ1) is 20.6. The lowest BCUT2D eigenvalue weighted by Crippen LogP contribution is -2.23. The maximum absolute atomic E-state index is 6.02. The lowest BCUT2D eigenvalue weighted by Gasteiger charge is -2.18. The van der Waals surface area contributed by atoms with Crippen molar-refractivity contribution >= 4 is 5.69 Å². The van der Waals surface area contributed by atoms with Gasteiger partial charge in [0.2, 0.25) is 0 Å². The van der Waals surface area contributed by atoms with Crippen LogP contribution < -0.4 is 19.5 Å². The van der Waals surface area contributed by atoms with E-state index in [1.54, 1.807) is 7.11 Å². The lowest BCUT2D eigenvalue weighted by molar-refractivity contribution is 0.234. The number of benzene rings is 3. The summed E-state index contributed by atoms with van der Waals surface area (Å²) >= 11 is 0. The molecule has 0 radical (unpaired) electrons. The van der Waals surface area contributed by atoms with Crippen molar-refractivity contribution in [3.63, 3.8) is 0 Å². The predicted octanol–water partition coefficient (Wildman–Crippen LogP) is 5.59. The molecule has 0 aromatic heterocycles. The van der Waals surface area contributed by atoms with E-state index >= 15 is 0 Å². The molecule has 0 spiro atoms. The molecule has 1 N–H and O–H groups in total. The van der Waals surface area contributed by atoms with Crippen molar-refractivity contribution in [3.8, 4) is 17.2 Å². The Balaban J connectivity index is 1.45. The Hall–Kier alpha value is -3.14. The molecule has 0 aliphatic heterocycles. The number of para-hydroxylation sites is 2. The van der Waals surface area contributed by atoms with Crippen LogP contribution in [0.4, 0.5) is 5.69 Å². The van der Waals surface area contributed by atoms with Crippen LogP contribution in [0.5, 0.6) is 17.2 Å². The molecule has 29 heavy (non-hydrogen) atoms. The topological polar surface area (TPSA) is 39.7 Å². The molecule has 152 valence electrons. The highest BCUT2D eigenvalue weighted by atomic mass is 16.5. The maximum Gasteiger partial charge on any atom is 0.142 e. The second-order valence-corrected chi connectivity index (χ2v) is 6.92. The molecule has 0 heterocycles. The minimum Gasteiger partial charge on any atom is -0.497 e. The zero-order chi connectivity index (χ0) is 20.3. The van der Waals surface area contributed by atoms with E-state index in [2.05, 4.69) is 29.6 Å². The lowest BCUT2D eigenvalue weighted by atomic mass is 10.1. The van der Waals surface area contributed by atoms with Crippen LogP contribution in [0, 0.1) is 0 Å². The minimum absolute atomic E-state index is 0.00883. The molecule has 0 bridgehead atoms. The van der Waals surface area contributed by atoms with E-state index in [0.717, 1.165) is 35.8 Å². The fourth-order valence-electron chi connectivity index (χ4n) is 3.02. The summed E-state index contributed by atoms with van der Waals surface area (Å²) in [7, 11) is 1.66. The van der Waals surface area contributed by atoms with Gasteiger partial charge in [0, 0.05) is 0 Å². The highest BCUT2D eigenvalue weighted by Crippen LogP contribution is 2.24. The van der Waals surface area contributed by atoms with E-state index in [9.17, 15) is 0 Å². The van der Waals surface area contributed by atoms with Crippen molar-refractivity contribution in [3.05, 3.63) is 84.4 Å². The summed E-state index contributed by atoms with van der Waals surface area (Å²) < 4.78 is 17.2. The van der Waals surface area contributed by atoms with E-state index < -0.39 is 0 Å². The second-order valence-electron chi connectivity index (χ2n) is 6.92. The zero-order valence-electron chi connectivity index (χ0n) is 17.1. The fraction of sp³-hybridized carbons (Fsp3) is 0.280. The number of methoxy groups -OCH3 is 1. The average Bonchev–Trinajstić information content (AvgIpc) is 2.77. The van der Waals surface area contributed by atoms with E-state index in [1.165, 1.54) is 5.56 Å². The average molecular weight is 392 g/mol. The summed E-state index contributed by atoms with van der Waals surface area (Å²) in [6.45, 7) is 3.41. The van der Waals surface area contributed by atoms with Gasteiger partial charge in [-0.15, -0.1) is 0 Å². The van der Waals surface area contributed by atoms with Crippen molar-refractivity contribution in [2.75, 3.05) is 25.6 Å². The molecule has 1 unspecified atom stereocenters. The normalized spacial score (nSPS) is 11.5. The van der Waals surface area contributed by atoms with Crippen LogP contribution in [0.25, 0.3) is 0 Å². The van der Waals surface area contributed by atoms with Crippen LogP contribution in [-0.4, -0.2) is 26.4 Å². The van der Waals surface area contributed by atoms with Gasteiger partial charge in [-0.3, -0.25) is 0 Å². The van der Waals surface area contributed by atoms with Crippen molar-refractivity contribution < 1.29 is 14.2 Å². The maximum atomic E-state index is 6.02. The van der Waals surface area contributed by atoms with E-state index in [4.69, 9.17) is 14.2 Å². The van der Waals surface area contributed by atoms with E-state index in [-0.39, 0.29) is 6.10 Å². The third-order valence-corrected chi connectivity index (χ3v) is 4.57. The Morgan fingerprint density at radius 3 is 2.28 bits per heavy atom. The van der Waals surface area contributed by atoms with Gasteiger partial charge in [-0.05, 0) is 61.7 Å². The molecular weight excluding hydrogens is 362 g/mol. The smallest absolute Gasteiger partial charge is 0.142 e. The third kappa shape index (κ3) is 6.75. The van der Waals surface area contributed by atoms with Crippen LogP contribution >= 0.6 is 0 Å². The molecule has 3 aromatic carbocycles. The highest BCUT2D eigenvalue weighted by molar-refractivity contribution is 5.56. The van der Waals surface area contributed by atoms with Gasteiger partial charge in [0.1, 0.15) is 23.4 Å². The molecule has 0 aliphatic carbocycles. The molecule has 0 aliphatic rings. The van der Waals surface area contributed by atoms with E-state index in [1.807, 2.05) is 61.5 Å². The third-order valence-electron chi connectivity index (χ3n) is 4.57. The van der Waals surface area contributed by atoms with Gasteiger partial charge in [-0.25, -0.2) is 0 Å². The summed E-state index contributed by atoms with van der Waals surface area (Å²) in [4.78, 5) is 0. The number of ether oxygens (including phenoxy) is 3. The summed E-state index contributed by atoms with van der Waals surface area (Å²) in [5.41, 5.74) is 2.32. The Labute approximate surface area is 173 Å². The molecule has 3 rings (SSSR count). The van der Waals surface area contributed by atoms with Gasteiger partial charge in [0.15, 0.2) is 0 Å². The Morgan fingerprint density at radius 2 is 1.52 bits per heavy atom. The largest absolute Gasteiger partial charge is 0.497 e.